The largest absolute Gasteiger partial charge is 0.481 e. The number of hydrogen-bond acceptors (Lipinski definition) is 5. The molecule has 3 aromatic rings. The average Bonchev–Trinajstić information content (AvgIpc) is 2.69. The van der Waals surface area contributed by atoms with Crippen LogP contribution in [0.15, 0.2) is 35.4 Å². The van der Waals surface area contributed by atoms with E-state index in [-0.39, 0.29) is 11.5 Å². The van der Waals surface area contributed by atoms with E-state index >= 15 is 0 Å². The Balaban J connectivity index is 1.69. The molecule has 0 amide bonds. The Kier molecular flexibility index (Phi) is 4.71. The van der Waals surface area contributed by atoms with Gasteiger partial charge in [-0.05, 0) is 62.6 Å². The van der Waals surface area contributed by atoms with Crippen molar-refractivity contribution in [3.05, 3.63) is 74.3 Å². The van der Waals surface area contributed by atoms with Crippen molar-refractivity contribution in [1.82, 2.24) is 19.7 Å². The van der Waals surface area contributed by atoms with E-state index in [1.807, 2.05) is 6.92 Å². The van der Waals surface area contributed by atoms with Crippen LogP contribution in [-0.2, 0) is 12.8 Å². The molecule has 144 valence electrons. The maximum absolute atomic E-state index is 13.0. The molecule has 1 aliphatic rings. The molecule has 0 fully saturated rings. The monoisotopic (exact) mass is 376 g/mol. The highest BCUT2D eigenvalue weighted by atomic mass is 16.5. The van der Waals surface area contributed by atoms with Crippen molar-refractivity contribution >= 4 is 0 Å². The molecule has 0 spiro atoms. The maximum Gasteiger partial charge on any atom is 0.277 e. The van der Waals surface area contributed by atoms with Crippen LogP contribution < -0.4 is 10.3 Å². The van der Waals surface area contributed by atoms with Gasteiger partial charge in [0.2, 0.25) is 5.88 Å². The lowest BCUT2D eigenvalue weighted by Gasteiger charge is -2.26. The van der Waals surface area contributed by atoms with Crippen LogP contribution in [0.2, 0.25) is 0 Å². The topological polar surface area (TPSA) is 69.9 Å². The third-order valence-corrected chi connectivity index (χ3v) is 5.54. The van der Waals surface area contributed by atoms with Crippen LogP contribution in [-0.4, -0.2) is 26.9 Å². The van der Waals surface area contributed by atoms with Gasteiger partial charge in [0.05, 0.1) is 13.3 Å². The molecule has 28 heavy (non-hydrogen) atoms. The van der Waals surface area contributed by atoms with Gasteiger partial charge in [-0.25, -0.2) is 4.98 Å². The molecule has 1 atom stereocenters. The lowest BCUT2D eigenvalue weighted by Crippen LogP contribution is -2.30. The zero-order chi connectivity index (χ0) is 19.8. The summed E-state index contributed by atoms with van der Waals surface area (Å²) in [6.45, 7) is 6.14. The number of ether oxygens (including phenoxy) is 1. The van der Waals surface area contributed by atoms with Crippen molar-refractivity contribution in [3.8, 4) is 11.8 Å². The van der Waals surface area contributed by atoms with Crippen LogP contribution in [0.5, 0.6) is 5.88 Å². The fraction of sp³-hybridized carbons (Fsp3) is 0.364. The number of aromatic nitrogens is 4. The summed E-state index contributed by atoms with van der Waals surface area (Å²) in [5, 5.41) is 4.36. The van der Waals surface area contributed by atoms with Crippen molar-refractivity contribution in [2.24, 2.45) is 0 Å². The Labute approximate surface area is 164 Å². The van der Waals surface area contributed by atoms with Gasteiger partial charge in [0, 0.05) is 17.3 Å². The highest BCUT2D eigenvalue weighted by Crippen LogP contribution is 2.33. The molecule has 2 heterocycles. The molecule has 0 N–H and O–H groups in total. The molecule has 0 aliphatic heterocycles. The minimum atomic E-state index is -0.137. The van der Waals surface area contributed by atoms with Gasteiger partial charge in [-0.3, -0.25) is 4.79 Å². The quantitative estimate of drug-likeness (QED) is 0.702. The summed E-state index contributed by atoms with van der Waals surface area (Å²) in [5.74, 6) is 1.11. The van der Waals surface area contributed by atoms with Crippen LogP contribution >= 0.6 is 0 Å². The number of fused-ring (bicyclic) bond motifs is 1. The van der Waals surface area contributed by atoms with Gasteiger partial charge in [0.1, 0.15) is 0 Å². The summed E-state index contributed by atoms with van der Waals surface area (Å²) in [7, 11) is 1.55. The average molecular weight is 376 g/mol. The lowest BCUT2D eigenvalue weighted by molar-refractivity contribution is 0.392. The van der Waals surface area contributed by atoms with E-state index in [1.165, 1.54) is 21.4 Å². The van der Waals surface area contributed by atoms with Gasteiger partial charge in [0.15, 0.2) is 0 Å². The summed E-state index contributed by atoms with van der Waals surface area (Å²) in [4.78, 5) is 21.6. The number of benzene rings is 1. The van der Waals surface area contributed by atoms with Gasteiger partial charge in [0.25, 0.3) is 11.5 Å². The molecule has 4 rings (SSSR count). The second-order valence-corrected chi connectivity index (χ2v) is 7.53. The molecule has 1 aromatic carbocycles. The van der Waals surface area contributed by atoms with Crippen LogP contribution in [0.3, 0.4) is 0 Å². The molecular weight excluding hydrogens is 352 g/mol. The van der Waals surface area contributed by atoms with Crippen LogP contribution in [0.1, 0.15) is 45.7 Å². The molecule has 1 aliphatic carbocycles. The lowest BCUT2D eigenvalue weighted by atomic mass is 9.79. The fourth-order valence-electron chi connectivity index (χ4n) is 4.07. The first-order valence-electron chi connectivity index (χ1n) is 9.53. The number of nitrogens with zero attached hydrogens (tertiary/aromatic N) is 4. The normalized spacial score (nSPS) is 15.9. The molecule has 6 heteroatoms. The van der Waals surface area contributed by atoms with E-state index in [9.17, 15) is 4.79 Å². The summed E-state index contributed by atoms with van der Waals surface area (Å²) in [6.07, 6.45) is 5.96. The third kappa shape index (κ3) is 3.19. The minimum absolute atomic E-state index is 0.137. The predicted octanol–water partition coefficient (Wildman–Crippen LogP) is 3.23. The standard InChI is InChI=1S/C22H24N4O2/c1-13-5-7-18(14(2)9-13)16-6-8-19-17(10-16)12-24-26(21(19)27)22-23-11-15(3)20(25-22)28-4/h5,7,9,11-12,16H,6,8,10H2,1-4H3. The summed E-state index contributed by atoms with van der Waals surface area (Å²) >= 11 is 0. The van der Waals surface area contributed by atoms with E-state index in [0.717, 1.165) is 36.0 Å². The Hall–Kier alpha value is -3.02. The van der Waals surface area contributed by atoms with E-state index < -0.39 is 0 Å². The second-order valence-electron chi connectivity index (χ2n) is 7.53. The van der Waals surface area contributed by atoms with Gasteiger partial charge in [-0.15, -0.1) is 0 Å². The van der Waals surface area contributed by atoms with E-state index in [0.29, 0.717) is 11.8 Å². The van der Waals surface area contributed by atoms with E-state index in [1.54, 1.807) is 19.5 Å². The van der Waals surface area contributed by atoms with Crippen molar-refractivity contribution in [2.45, 2.75) is 46.0 Å². The molecule has 0 bridgehead atoms. The van der Waals surface area contributed by atoms with E-state index in [2.05, 4.69) is 47.1 Å². The Morgan fingerprint density at radius 1 is 1.14 bits per heavy atom. The second kappa shape index (κ2) is 7.19. The molecule has 0 saturated heterocycles. The Bertz CT molecular complexity index is 1100. The molecular formula is C22H24N4O2. The highest BCUT2D eigenvalue weighted by Gasteiger charge is 2.25. The molecule has 2 aromatic heterocycles. The predicted molar refractivity (Wildman–Crippen MR) is 107 cm³/mol. The Morgan fingerprint density at radius 2 is 1.96 bits per heavy atom. The maximum atomic E-state index is 13.0. The van der Waals surface area contributed by atoms with E-state index in [4.69, 9.17) is 4.74 Å². The number of aryl methyl sites for hydroxylation is 3. The van der Waals surface area contributed by atoms with Gasteiger partial charge >= 0.3 is 0 Å². The zero-order valence-corrected chi connectivity index (χ0v) is 16.7. The van der Waals surface area contributed by atoms with Crippen molar-refractivity contribution in [3.63, 3.8) is 0 Å². The molecule has 0 saturated carbocycles. The first-order valence-corrected chi connectivity index (χ1v) is 9.53. The van der Waals surface area contributed by atoms with Gasteiger partial charge in [-0.2, -0.15) is 14.8 Å². The van der Waals surface area contributed by atoms with Crippen LogP contribution in [0, 0.1) is 20.8 Å². The fourth-order valence-corrected chi connectivity index (χ4v) is 4.07. The summed E-state index contributed by atoms with van der Waals surface area (Å²) in [6, 6.07) is 6.61. The minimum Gasteiger partial charge on any atom is -0.481 e. The molecule has 1 unspecified atom stereocenters. The first-order chi connectivity index (χ1) is 13.5. The van der Waals surface area contributed by atoms with Crippen LogP contribution in [0.4, 0.5) is 0 Å². The van der Waals surface area contributed by atoms with Crippen molar-refractivity contribution in [1.29, 1.82) is 0 Å². The number of hydrogen-bond donors (Lipinski definition) is 0. The van der Waals surface area contributed by atoms with Crippen molar-refractivity contribution in [2.75, 3.05) is 7.11 Å². The van der Waals surface area contributed by atoms with Gasteiger partial charge < -0.3 is 4.74 Å². The SMILES string of the molecule is COc1nc(-n2ncc3c(c2=O)CCC(c2ccc(C)cc2C)C3)ncc1C. The Morgan fingerprint density at radius 3 is 2.71 bits per heavy atom. The molecule has 6 nitrogen and oxygen atoms in total. The van der Waals surface area contributed by atoms with Crippen molar-refractivity contribution < 1.29 is 4.74 Å². The zero-order valence-electron chi connectivity index (χ0n) is 16.7. The van der Waals surface area contributed by atoms with Crippen LogP contribution in [0.25, 0.3) is 5.95 Å². The number of rotatable bonds is 3. The van der Waals surface area contributed by atoms with Gasteiger partial charge in [-0.1, -0.05) is 23.8 Å². The smallest absolute Gasteiger partial charge is 0.277 e. The summed E-state index contributed by atoms with van der Waals surface area (Å²) in [5.41, 5.74) is 6.48. The molecule has 0 radical (unpaired) electrons. The summed E-state index contributed by atoms with van der Waals surface area (Å²) < 4.78 is 6.52. The highest BCUT2D eigenvalue weighted by molar-refractivity contribution is 5.37. The third-order valence-electron chi connectivity index (χ3n) is 5.54. The number of methoxy groups -OCH3 is 1. The first kappa shape index (κ1) is 18.3.